The van der Waals surface area contributed by atoms with Crippen molar-refractivity contribution in [2.75, 3.05) is 14.1 Å². The average Bonchev–Trinajstić information content (AvgIpc) is 1.84. The zero-order valence-electron chi connectivity index (χ0n) is 6.02. The van der Waals surface area contributed by atoms with E-state index < -0.39 is 0 Å². The largest absolute Gasteiger partial charge is 0.348 e. The fraction of sp³-hybridized carbons (Fsp3) is 0.833. The molecule has 0 aromatic heterocycles. The maximum Gasteiger partial charge on any atom is 0.235 e. The minimum Gasteiger partial charge on any atom is -0.348 e. The second-order valence-corrected chi connectivity index (χ2v) is 3.21. The zero-order valence-corrected chi connectivity index (χ0v) is 7.60. The molecule has 0 saturated carbocycles. The Morgan fingerprint density at radius 3 is 2.22 bits per heavy atom. The first kappa shape index (κ1) is 8.95. The van der Waals surface area contributed by atoms with Gasteiger partial charge in [-0.3, -0.25) is 4.79 Å². The van der Waals surface area contributed by atoms with Gasteiger partial charge in [0.2, 0.25) is 5.91 Å². The highest BCUT2D eigenvalue weighted by Gasteiger charge is 2.12. The summed E-state index contributed by atoms with van der Waals surface area (Å²) in [7, 11) is 3.51. The minimum atomic E-state index is -0.00694. The van der Waals surface area contributed by atoms with Crippen molar-refractivity contribution >= 4 is 21.8 Å². The van der Waals surface area contributed by atoms with Gasteiger partial charge in [0, 0.05) is 14.1 Å². The van der Waals surface area contributed by atoms with Crippen LogP contribution in [0.4, 0.5) is 0 Å². The van der Waals surface area contributed by atoms with Crippen LogP contribution < -0.4 is 0 Å². The van der Waals surface area contributed by atoms with Gasteiger partial charge >= 0.3 is 0 Å². The first-order valence-corrected chi connectivity index (χ1v) is 3.86. The molecule has 0 bridgehead atoms. The molecule has 0 unspecified atom stereocenters. The fourth-order valence-electron chi connectivity index (χ4n) is 0.455. The van der Waals surface area contributed by atoms with Gasteiger partial charge in [-0.05, 0) is 6.42 Å². The third kappa shape index (κ3) is 2.84. The van der Waals surface area contributed by atoms with Crippen LogP contribution in [0, 0.1) is 0 Å². The van der Waals surface area contributed by atoms with Crippen molar-refractivity contribution in [3.8, 4) is 0 Å². The molecule has 0 radical (unpaired) electrons. The molecule has 3 heteroatoms. The summed E-state index contributed by atoms with van der Waals surface area (Å²) in [5, 5.41) is 0. The van der Waals surface area contributed by atoms with Gasteiger partial charge in [0.25, 0.3) is 0 Å². The molecule has 0 aliphatic rings. The van der Waals surface area contributed by atoms with E-state index in [9.17, 15) is 4.79 Å². The SMILES string of the molecule is CC[C@H](Br)C(=O)N(C)C. The van der Waals surface area contributed by atoms with E-state index in [1.54, 1.807) is 19.0 Å². The summed E-state index contributed by atoms with van der Waals surface area (Å²) in [6, 6.07) is 0. The predicted molar refractivity (Wildman–Crippen MR) is 41.7 cm³/mol. The zero-order chi connectivity index (χ0) is 7.44. The van der Waals surface area contributed by atoms with Crippen molar-refractivity contribution in [1.82, 2.24) is 4.90 Å². The van der Waals surface area contributed by atoms with Crippen LogP contribution in [-0.4, -0.2) is 29.7 Å². The van der Waals surface area contributed by atoms with Crippen LogP contribution in [0.5, 0.6) is 0 Å². The summed E-state index contributed by atoms with van der Waals surface area (Å²) in [6.07, 6.45) is 0.844. The molecule has 0 N–H and O–H groups in total. The third-order valence-electron chi connectivity index (χ3n) is 1.07. The quantitative estimate of drug-likeness (QED) is 0.605. The number of amides is 1. The van der Waals surface area contributed by atoms with Crippen molar-refractivity contribution in [3.05, 3.63) is 0 Å². The molecule has 0 aliphatic heterocycles. The molecule has 0 aromatic rings. The number of rotatable bonds is 2. The Labute approximate surface area is 64.4 Å². The summed E-state index contributed by atoms with van der Waals surface area (Å²) < 4.78 is 0. The van der Waals surface area contributed by atoms with Crippen LogP contribution in [0.1, 0.15) is 13.3 Å². The highest BCUT2D eigenvalue weighted by atomic mass is 79.9. The molecule has 0 spiro atoms. The lowest BCUT2D eigenvalue weighted by molar-refractivity contribution is -0.127. The molecular weight excluding hydrogens is 182 g/mol. The van der Waals surface area contributed by atoms with E-state index in [0.717, 1.165) is 6.42 Å². The van der Waals surface area contributed by atoms with E-state index in [2.05, 4.69) is 15.9 Å². The summed E-state index contributed by atoms with van der Waals surface area (Å²) in [6.45, 7) is 1.97. The predicted octanol–water partition coefficient (Wildman–Crippen LogP) is 1.25. The van der Waals surface area contributed by atoms with Crippen molar-refractivity contribution in [3.63, 3.8) is 0 Å². The Kier molecular flexibility index (Phi) is 3.86. The third-order valence-corrected chi connectivity index (χ3v) is 2.11. The Morgan fingerprint density at radius 2 is 2.11 bits per heavy atom. The van der Waals surface area contributed by atoms with E-state index >= 15 is 0 Å². The second kappa shape index (κ2) is 3.88. The van der Waals surface area contributed by atoms with Gasteiger partial charge in [-0.15, -0.1) is 0 Å². The molecule has 0 aromatic carbocycles. The van der Waals surface area contributed by atoms with Gasteiger partial charge in [-0.25, -0.2) is 0 Å². The lowest BCUT2D eigenvalue weighted by atomic mass is 10.3. The standard InChI is InChI=1S/C6H12BrNO/c1-4-5(7)6(9)8(2)3/h5H,4H2,1-3H3/t5-/m0/s1. The maximum absolute atomic E-state index is 11.0. The van der Waals surface area contributed by atoms with Crippen LogP contribution in [0.25, 0.3) is 0 Å². The highest BCUT2D eigenvalue weighted by Crippen LogP contribution is 2.05. The van der Waals surface area contributed by atoms with Crippen LogP contribution >= 0.6 is 15.9 Å². The van der Waals surface area contributed by atoms with Crippen molar-refractivity contribution in [1.29, 1.82) is 0 Å². The monoisotopic (exact) mass is 193 g/mol. The van der Waals surface area contributed by atoms with E-state index in [4.69, 9.17) is 0 Å². The molecule has 1 amide bonds. The average molecular weight is 194 g/mol. The Balaban J connectivity index is 3.73. The minimum absolute atomic E-state index is 0.00694. The fourth-order valence-corrected chi connectivity index (χ4v) is 0.864. The van der Waals surface area contributed by atoms with E-state index in [1.165, 1.54) is 0 Å². The van der Waals surface area contributed by atoms with Gasteiger partial charge in [0.05, 0.1) is 4.83 Å². The molecule has 0 saturated heterocycles. The molecule has 1 atom stereocenters. The second-order valence-electron chi connectivity index (χ2n) is 2.11. The molecule has 9 heavy (non-hydrogen) atoms. The number of nitrogens with zero attached hydrogens (tertiary/aromatic N) is 1. The van der Waals surface area contributed by atoms with Crippen molar-refractivity contribution < 1.29 is 4.79 Å². The first-order valence-electron chi connectivity index (χ1n) is 2.94. The summed E-state index contributed by atoms with van der Waals surface area (Å²) in [5.41, 5.74) is 0. The lowest BCUT2D eigenvalue weighted by Gasteiger charge is -2.12. The van der Waals surface area contributed by atoms with Crippen LogP contribution in [0.15, 0.2) is 0 Å². The number of alkyl halides is 1. The molecule has 0 fully saturated rings. The Morgan fingerprint density at radius 1 is 1.67 bits per heavy atom. The number of halogens is 1. The Hall–Kier alpha value is -0.0500. The van der Waals surface area contributed by atoms with E-state index in [0.29, 0.717) is 0 Å². The lowest BCUT2D eigenvalue weighted by Crippen LogP contribution is -2.29. The van der Waals surface area contributed by atoms with Crippen LogP contribution in [-0.2, 0) is 4.79 Å². The summed E-state index contributed by atoms with van der Waals surface area (Å²) >= 11 is 3.25. The van der Waals surface area contributed by atoms with Gasteiger partial charge < -0.3 is 4.90 Å². The number of carbonyl (C=O) groups excluding carboxylic acids is 1. The molecular formula is C6H12BrNO. The molecule has 2 nitrogen and oxygen atoms in total. The summed E-state index contributed by atoms with van der Waals surface area (Å²) in [4.78, 5) is 12.5. The van der Waals surface area contributed by atoms with Crippen LogP contribution in [0.2, 0.25) is 0 Å². The molecule has 0 aliphatic carbocycles. The topological polar surface area (TPSA) is 20.3 Å². The molecule has 54 valence electrons. The number of hydrogen-bond acceptors (Lipinski definition) is 1. The molecule has 0 heterocycles. The maximum atomic E-state index is 11.0. The highest BCUT2D eigenvalue weighted by molar-refractivity contribution is 9.10. The van der Waals surface area contributed by atoms with E-state index in [1.807, 2.05) is 6.92 Å². The first-order chi connectivity index (χ1) is 4.09. The smallest absolute Gasteiger partial charge is 0.235 e. The Bertz CT molecular complexity index is 103. The van der Waals surface area contributed by atoms with Crippen LogP contribution in [0.3, 0.4) is 0 Å². The van der Waals surface area contributed by atoms with Gasteiger partial charge in [0.1, 0.15) is 0 Å². The summed E-state index contributed by atoms with van der Waals surface area (Å²) in [5.74, 6) is 0.137. The van der Waals surface area contributed by atoms with E-state index in [-0.39, 0.29) is 10.7 Å². The van der Waals surface area contributed by atoms with Gasteiger partial charge in [-0.1, -0.05) is 22.9 Å². The number of carbonyl (C=O) groups is 1. The number of hydrogen-bond donors (Lipinski definition) is 0. The molecule has 0 rings (SSSR count). The van der Waals surface area contributed by atoms with Crippen molar-refractivity contribution in [2.45, 2.75) is 18.2 Å². The van der Waals surface area contributed by atoms with Gasteiger partial charge in [0.15, 0.2) is 0 Å². The van der Waals surface area contributed by atoms with Crippen molar-refractivity contribution in [2.24, 2.45) is 0 Å². The normalized spacial score (nSPS) is 12.9. The van der Waals surface area contributed by atoms with Gasteiger partial charge in [-0.2, -0.15) is 0 Å².